The van der Waals surface area contributed by atoms with Crippen LogP contribution in [0.3, 0.4) is 0 Å². The van der Waals surface area contributed by atoms with Crippen molar-refractivity contribution >= 4 is 18.5 Å². The maximum Gasteiger partial charge on any atom is 0.330 e. The lowest BCUT2D eigenvalue weighted by atomic mass is 9.74. The molecule has 2 unspecified atom stereocenters. The van der Waals surface area contributed by atoms with Crippen LogP contribution in [-0.4, -0.2) is 38.9 Å². The Hall–Kier alpha value is -3.54. The summed E-state index contributed by atoms with van der Waals surface area (Å²) in [5.41, 5.74) is 11.5. The van der Waals surface area contributed by atoms with E-state index in [4.69, 9.17) is 9.39 Å². The van der Waals surface area contributed by atoms with E-state index >= 15 is 0 Å². The van der Waals surface area contributed by atoms with Gasteiger partial charge in [0.1, 0.15) is 0 Å². The van der Waals surface area contributed by atoms with Gasteiger partial charge < -0.3 is 20.0 Å². The van der Waals surface area contributed by atoms with Gasteiger partial charge in [-0.3, -0.25) is 0 Å². The van der Waals surface area contributed by atoms with Crippen LogP contribution in [0.25, 0.3) is 5.57 Å². The normalized spacial score (nSPS) is 23.5. The Kier molecular flexibility index (Phi) is 9.91. The second-order valence-corrected chi connectivity index (χ2v) is 14.2. The van der Waals surface area contributed by atoms with Crippen LogP contribution in [0.15, 0.2) is 125 Å². The topological polar surface area (TPSA) is 42.5 Å². The lowest BCUT2D eigenvalue weighted by molar-refractivity contribution is -0.114. The molecular formula is C41H50BN2O2. The Morgan fingerprint density at radius 2 is 1.65 bits per heavy atom. The minimum absolute atomic E-state index is 0.335. The minimum Gasteiger partial charge on any atom is -0.427 e. The maximum atomic E-state index is 6.35. The summed E-state index contributed by atoms with van der Waals surface area (Å²) in [6.45, 7) is 10.3. The first-order valence-electron chi connectivity index (χ1n) is 17.1. The Morgan fingerprint density at radius 3 is 2.43 bits per heavy atom. The molecule has 0 fully saturated rings. The van der Waals surface area contributed by atoms with Crippen molar-refractivity contribution in [3.63, 3.8) is 0 Å². The third-order valence-corrected chi connectivity index (χ3v) is 10.6. The van der Waals surface area contributed by atoms with Crippen LogP contribution in [0.2, 0.25) is 0 Å². The van der Waals surface area contributed by atoms with Crippen molar-refractivity contribution in [3.05, 3.63) is 130 Å². The molecule has 2 heterocycles. The monoisotopic (exact) mass is 613 g/mol. The van der Waals surface area contributed by atoms with Gasteiger partial charge in [0.2, 0.25) is 0 Å². The van der Waals surface area contributed by atoms with E-state index < -0.39 is 11.2 Å². The first-order valence-corrected chi connectivity index (χ1v) is 17.1. The fourth-order valence-corrected chi connectivity index (χ4v) is 6.86. The molecule has 0 saturated carbocycles. The Balaban J connectivity index is 1.29. The molecule has 1 aromatic rings. The summed E-state index contributed by atoms with van der Waals surface area (Å²) >= 11 is 0. The molecule has 0 aromatic heterocycles. The summed E-state index contributed by atoms with van der Waals surface area (Å²) in [7, 11) is 3.64. The molecule has 0 amide bonds. The van der Waals surface area contributed by atoms with Crippen molar-refractivity contribution < 1.29 is 9.39 Å². The van der Waals surface area contributed by atoms with E-state index in [1.54, 1.807) is 7.11 Å². The molecule has 239 valence electrons. The summed E-state index contributed by atoms with van der Waals surface area (Å²) in [6, 6.07) is 8.83. The average Bonchev–Trinajstić information content (AvgIpc) is 3.11. The predicted octanol–water partition coefficient (Wildman–Crippen LogP) is 7.94. The van der Waals surface area contributed by atoms with Crippen LogP contribution >= 0.6 is 0 Å². The second kappa shape index (κ2) is 14.1. The van der Waals surface area contributed by atoms with Crippen LogP contribution in [-0.2, 0) is 9.39 Å². The summed E-state index contributed by atoms with van der Waals surface area (Å²) in [5.74, 6) is 0.695. The first kappa shape index (κ1) is 32.4. The highest BCUT2D eigenvalue weighted by Crippen LogP contribution is 2.41. The van der Waals surface area contributed by atoms with Crippen molar-refractivity contribution in [2.45, 2.75) is 77.4 Å². The lowest BCUT2D eigenvalue weighted by Gasteiger charge is -2.40. The Labute approximate surface area is 277 Å². The van der Waals surface area contributed by atoms with Gasteiger partial charge in [-0.2, -0.15) is 0 Å². The Morgan fingerprint density at radius 1 is 0.826 bits per heavy atom. The highest BCUT2D eigenvalue weighted by molar-refractivity contribution is 6.47. The van der Waals surface area contributed by atoms with Gasteiger partial charge >= 0.3 is 7.48 Å². The maximum absolute atomic E-state index is 6.35. The van der Waals surface area contributed by atoms with Gasteiger partial charge in [0.05, 0.1) is 11.2 Å². The van der Waals surface area contributed by atoms with Crippen LogP contribution < -0.4 is 16.1 Å². The van der Waals surface area contributed by atoms with Crippen LogP contribution in [0.1, 0.15) is 71.8 Å². The summed E-state index contributed by atoms with van der Waals surface area (Å²) in [4.78, 5) is 0. The van der Waals surface area contributed by atoms with E-state index in [1.165, 1.54) is 51.0 Å². The molecule has 5 aliphatic rings. The number of methoxy groups -OCH3 is 1. The summed E-state index contributed by atoms with van der Waals surface area (Å²) in [6.07, 6.45) is 32.3. The van der Waals surface area contributed by atoms with E-state index in [0.29, 0.717) is 11.8 Å². The van der Waals surface area contributed by atoms with E-state index in [9.17, 15) is 0 Å². The smallest absolute Gasteiger partial charge is 0.330 e. The second-order valence-electron chi connectivity index (χ2n) is 14.2. The quantitative estimate of drug-likeness (QED) is 0.263. The molecule has 1 radical (unpaired) electrons. The van der Waals surface area contributed by atoms with Crippen molar-refractivity contribution in [2.75, 3.05) is 20.2 Å². The molecule has 4 nitrogen and oxygen atoms in total. The van der Waals surface area contributed by atoms with Crippen LogP contribution in [0.5, 0.6) is 0 Å². The number of ether oxygens (including phenoxy) is 1. The molecule has 5 heteroatoms. The zero-order valence-corrected chi connectivity index (χ0v) is 28.4. The van der Waals surface area contributed by atoms with Gasteiger partial charge in [-0.25, -0.2) is 0 Å². The molecule has 2 atom stereocenters. The van der Waals surface area contributed by atoms with Gasteiger partial charge in [-0.1, -0.05) is 78.3 Å². The molecule has 2 aliphatic heterocycles. The van der Waals surface area contributed by atoms with Gasteiger partial charge in [0.15, 0.2) is 0 Å². The number of benzene rings is 1. The SMILES string of the molecule is COC(C)(C)C(C)(C)O[B]c1cccc(C2=CC(C3C=CC=C(C4=CNCCC4)C3)=CC(C3=CCCC(C4=CC=CNC4)=C3)C2)c1. The van der Waals surface area contributed by atoms with Crippen molar-refractivity contribution in [2.24, 2.45) is 11.8 Å². The molecule has 3 aliphatic carbocycles. The van der Waals surface area contributed by atoms with E-state index in [1.807, 2.05) is 13.7 Å². The molecule has 6 rings (SSSR count). The molecule has 0 saturated heterocycles. The molecule has 2 N–H and O–H groups in total. The zero-order valence-electron chi connectivity index (χ0n) is 28.4. The molecule has 0 bridgehead atoms. The zero-order chi connectivity index (χ0) is 32.1. The average molecular weight is 614 g/mol. The predicted molar refractivity (Wildman–Crippen MR) is 194 cm³/mol. The van der Waals surface area contributed by atoms with Crippen molar-refractivity contribution in [1.82, 2.24) is 10.6 Å². The van der Waals surface area contributed by atoms with Gasteiger partial charge in [-0.05, 0) is 129 Å². The molecular weight excluding hydrogens is 563 g/mol. The van der Waals surface area contributed by atoms with Gasteiger partial charge in [0.25, 0.3) is 0 Å². The highest BCUT2D eigenvalue weighted by Gasteiger charge is 2.38. The summed E-state index contributed by atoms with van der Waals surface area (Å²) in [5, 5.41) is 6.87. The van der Waals surface area contributed by atoms with Gasteiger partial charge in [-0.15, -0.1) is 0 Å². The number of allylic oxidation sites excluding steroid dienone is 14. The number of hydrogen-bond donors (Lipinski definition) is 2. The van der Waals surface area contributed by atoms with E-state index in [0.717, 1.165) is 50.7 Å². The number of rotatable bonds is 10. The van der Waals surface area contributed by atoms with Crippen molar-refractivity contribution in [1.29, 1.82) is 0 Å². The van der Waals surface area contributed by atoms with Crippen LogP contribution in [0.4, 0.5) is 0 Å². The molecule has 46 heavy (non-hydrogen) atoms. The molecule has 0 spiro atoms. The van der Waals surface area contributed by atoms with E-state index in [2.05, 4.69) is 123 Å². The highest BCUT2D eigenvalue weighted by atomic mass is 16.5. The van der Waals surface area contributed by atoms with Crippen LogP contribution in [0, 0.1) is 11.8 Å². The van der Waals surface area contributed by atoms with E-state index in [-0.39, 0.29) is 0 Å². The molecule has 1 aromatic carbocycles. The van der Waals surface area contributed by atoms with Crippen molar-refractivity contribution in [3.8, 4) is 0 Å². The fourth-order valence-electron chi connectivity index (χ4n) is 6.86. The summed E-state index contributed by atoms with van der Waals surface area (Å²) < 4.78 is 12.1. The number of nitrogens with one attached hydrogen (secondary N) is 2. The lowest BCUT2D eigenvalue weighted by Crippen LogP contribution is -2.50. The number of hydrogen-bond acceptors (Lipinski definition) is 4. The minimum atomic E-state index is -0.485. The standard InChI is InChI=1S/C41H50BN2O2/c1-40(2,45-5)41(3,4)46-42-39-18-8-15-33(26-39)38-24-36(31-13-6-11-29(21-31)34-16-9-19-43-27-34)23-37(25-38)32-14-7-12-30(22-32)35-17-10-20-44-28-35/h6,8,10-11,13-15,17-18,20,22-24,26-27,31,37,43-44H,7,9,12,16,19,21,25,28H2,1-5H3. The fraction of sp³-hybridized carbons (Fsp3) is 0.415. The third-order valence-electron chi connectivity index (χ3n) is 10.6. The largest absolute Gasteiger partial charge is 0.427 e. The first-order chi connectivity index (χ1) is 22.2. The third kappa shape index (κ3) is 7.37. The number of dihydropyridines is 1. The van der Waals surface area contributed by atoms with Gasteiger partial charge in [0, 0.05) is 32.0 Å². The Bertz CT molecular complexity index is 1590.